The van der Waals surface area contributed by atoms with Crippen molar-refractivity contribution in [1.29, 1.82) is 0 Å². The number of amides is 2. The number of aliphatic carboxylic acids is 1. The molecule has 2 N–H and O–H groups in total. The van der Waals surface area contributed by atoms with Gasteiger partial charge in [-0.25, -0.2) is 0 Å². The van der Waals surface area contributed by atoms with Crippen molar-refractivity contribution in [3.05, 3.63) is 24.3 Å². The standard InChI is InChI=1S/C15H18N2O4S/c1-9(15(20)21)10(2)16-13(18)7-17-11-5-3-4-6-12(11)22-8-14(17)19/h3-6,9-10H,7-8H2,1-2H3,(H,16,18)(H,20,21). The van der Waals surface area contributed by atoms with Crippen LogP contribution in [0.4, 0.5) is 5.69 Å². The highest BCUT2D eigenvalue weighted by Crippen LogP contribution is 2.34. The predicted octanol–water partition coefficient (Wildman–Crippen LogP) is 1.35. The number of nitrogens with one attached hydrogen (secondary N) is 1. The average molecular weight is 322 g/mol. The lowest BCUT2D eigenvalue weighted by Gasteiger charge is -2.29. The van der Waals surface area contributed by atoms with Gasteiger partial charge in [0.1, 0.15) is 6.54 Å². The van der Waals surface area contributed by atoms with Crippen LogP contribution in [0.25, 0.3) is 0 Å². The number of carboxylic acid groups (broad SMARTS) is 1. The molecule has 0 bridgehead atoms. The second-order valence-corrected chi connectivity index (χ2v) is 6.24. The molecule has 1 aromatic carbocycles. The molecule has 22 heavy (non-hydrogen) atoms. The number of carboxylic acids is 1. The smallest absolute Gasteiger partial charge is 0.308 e. The molecule has 2 amide bonds. The Bertz CT molecular complexity index is 605. The number of para-hydroxylation sites is 1. The summed E-state index contributed by atoms with van der Waals surface area (Å²) < 4.78 is 0. The Morgan fingerprint density at radius 1 is 1.36 bits per heavy atom. The minimum absolute atomic E-state index is 0.104. The van der Waals surface area contributed by atoms with Crippen LogP contribution in [-0.2, 0) is 14.4 Å². The normalized spacial score (nSPS) is 16.6. The first-order valence-electron chi connectivity index (χ1n) is 6.94. The third-order valence-corrected chi connectivity index (χ3v) is 4.69. The highest BCUT2D eigenvalue weighted by Gasteiger charge is 2.27. The SMILES string of the molecule is CC(NC(=O)CN1C(=O)CSc2ccccc21)C(C)C(=O)O. The Balaban J connectivity index is 2.05. The fourth-order valence-corrected chi connectivity index (χ4v) is 3.05. The molecule has 0 saturated carbocycles. The van der Waals surface area contributed by atoms with Crippen LogP contribution in [0.15, 0.2) is 29.2 Å². The van der Waals surface area contributed by atoms with E-state index in [0.717, 1.165) is 10.6 Å². The van der Waals surface area contributed by atoms with E-state index in [1.807, 2.05) is 18.2 Å². The van der Waals surface area contributed by atoms with Gasteiger partial charge in [0, 0.05) is 10.9 Å². The van der Waals surface area contributed by atoms with Gasteiger partial charge >= 0.3 is 5.97 Å². The van der Waals surface area contributed by atoms with Crippen molar-refractivity contribution in [2.24, 2.45) is 5.92 Å². The number of carbonyl (C=O) groups is 3. The van der Waals surface area contributed by atoms with Gasteiger partial charge in [0.2, 0.25) is 11.8 Å². The summed E-state index contributed by atoms with van der Waals surface area (Å²) >= 11 is 1.45. The first-order chi connectivity index (χ1) is 10.4. The Morgan fingerprint density at radius 3 is 2.73 bits per heavy atom. The quantitative estimate of drug-likeness (QED) is 0.854. The Morgan fingerprint density at radius 2 is 2.05 bits per heavy atom. The van der Waals surface area contributed by atoms with E-state index in [1.165, 1.54) is 23.6 Å². The highest BCUT2D eigenvalue weighted by atomic mass is 32.2. The topological polar surface area (TPSA) is 86.7 Å². The fourth-order valence-electron chi connectivity index (χ4n) is 2.11. The van der Waals surface area contributed by atoms with E-state index >= 15 is 0 Å². The molecular formula is C15H18N2O4S. The number of anilines is 1. The van der Waals surface area contributed by atoms with E-state index < -0.39 is 17.9 Å². The molecule has 2 rings (SSSR count). The summed E-state index contributed by atoms with van der Waals surface area (Å²) in [6, 6.07) is 6.91. The summed E-state index contributed by atoms with van der Waals surface area (Å²) in [5.41, 5.74) is 0.720. The third kappa shape index (κ3) is 3.59. The third-order valence-electron chi connectivity index (χ3n) is 3.64. The molecule has 118 valence electrons. The Labute approximate surface area is 132 Å². The predicted molar refractivity (Wildman–Crippen MR) is 83.9 cm³/mol. The van der Waals surface area contributed by atoms with Crippen molar-refractivity contribution >= 4 is 35.2 Å². The number of benzene rings is 1. The van der Waals surface area contributed by atoms with Gasteiger partial charge in [-0.05, 0) is 26.0 Å². The van der Waals surface area contributed by atoms with Gasteiger partial charge in [-0.1, -0.05) is 12.1 Å². The van der Waals surface area contributed by atoms with Crippen molar-refractivity contribution in [3.8, 4) is 0 Å². The van der Waals surface area contributed by atoms with Gasteiger partial charge in [0.25, 0.3) is 0 Å². The van der Waals surface area contributed by atoms with Crippen molar-refractivity contribution in [3.63, 3.8) is 0 Å². The molecule has 2 unspecified atom stereocenters. The van der Waals surface area contributed by atoms with Gasteiger partial charge in [0.15, 0.2) is 0 Å². The lowest BCUT2D eigenvalue weighted by Crippen LogP contribution is -2.47. The Kier molecular flexibility index (Phi) is 5.07. The maximum Gasteiger partial charge on any atom is 0.308 e. The van der Waals surface area contributed by atoms with Crippen molar-refractivity contribution in [2.45, 2.75) is 24.8 Å². The van der Waals surface area contributed by atoms with Crippen molar-refractivity contribution < 1.29 is 19.5 Å². The molecule has 0 aliphatic carbocycles. The lowest BCUT2D eigenvalue weighted by molar-refractivity contribution is -0.142. The second-order valence-electron chi connectivity index (χ2n) is 5.22. The number of hydrogen-bond donors (Lipinski definition) is 2. The molecular weight excluding hydrogens is 304 g/mol. The molecule has 0 aromatic heterocycles. The van der Waals surface area contributed by atoms with E-state index in [2.05, 4.69) is 5.32 Å². The van der Waals surface area contributed by atoms with E-state index in [4.69, 9.17) is 5.11 Å². The molecule has 0 fully saturated rings. The average Bonchev–Trinajstić information content (AvgIpc) is 2.49. The van der Waals surface area contributed by atoms with E-state index in [0.29, 0.717) is 5.75 Å². The van der Waals surface area contributed by atoms with Gasteiger partial charge in [0.05, 0.1) is 17.4 Å². The molecule has 1 aliphatic rings. The van der Waals surface area contributed by atoms with Crippen LogP contribution in [0.5, 0.6) is 0 Å². The van der Waals surface area contributed by atoms with Crippen LogP contribution >= 0.6 is 11.8 Å². The molecule has 0 radical (unpaired) electrons. The number of thioether (sulfide) groups is 1. The molecule has 1 heterocycles. The van der Waals surface area contributed by atoms with Gasteiger partial charge in [-0.15, -0.1) is 11.8 Å². The van der Waals surface area contributed by atoms with Gasteiger partial charge in [-0.3, -0.25) is 14.4 Å². The zero-order valence-corrected chi connectivity index (χ0v) is 13.2. The van der Waals surface area contributed by atoms with Gasteiger partial charge < -0.3 is 15.3 Å². The van der Waals surface area contributed by atoms with E-state index in [9.17, 15) is 14.4 Å². The van der Waals surface area contributed by atoms with Crippen LogP contribution in [0.1, 0.15) is 13.8 Å². The first kappa shape index (κ1) is 16.4. The van der Waals surface area contributed by atoms with Crippen LogP contribution in [0.3, 0.4) is 0 Å². The van der Waals surface area contributed by atoms with Crippen molar-refractivity contribution in [1.82, 2.24) is 5.32 Å². The molecule has 2 atom stereocenters. The highest BCUT2D eigenvalue weighted by molar-refractivity contribution is 8.00. The summed E-state index contributed by atoms with van der Waals surface area (Å²) in [5.74, 6) is -1.85. The lowest BCUT2D eigenvalue weighted by atomic mass is 10.0. The number of rotatable bonds is 5. The maximum absolute atomic E-state index is 12.1. The van der Waals surface area contributed by atoms with Crippen molar-refractivity contribution in [2.75, 3.05) is 17.2 Å². The monoisotopic (exact) mass is 322 g/mol. The minimum atomic E-state index is -0.969. The zero-order chi connectivity index (χ0) is 16.3. The largest absolute Gasteiger partial charge is 0.481 e. The number of fused-ring (bicyclic) bond motifs is 1. The molecule has 1 aromatic rings. The van der Waals surface area contributed by atoms with Crippen LogP contribution in [0.2, 0.25) is 0 Å². The summed E-state index contributed by atoms with van der Waals surface area (Å²) in [4.78, 5) is 37.5. The van der Waals surface area contributed by atoms with Gasteiger partial charge in [-0.2, -0.15) is 0 Å². The van der Waals surface area contributed by atoms with E-state index in [-0.39, 0.29) is 18.4 Å². The molecule has 7 heteroatoms. The minimum Gasteiger partial charge on any atom is -0.481 e. The summed E-state index contributed by atoms with van der Waals surface area (Å²) in [7, 11) is 0. The summed E-state index contributed by atoms with van der Waals surface area (Å²) in [5, 5.41) is 11.6. The number of nitrogens with zero attached hydrogens (tertiary/aromatic N) is 1. The fraction of sp³-hybridized carbons (Fsp3) is 0.400. The second kappa shape index (κ2) is 6.83. The van der Waals surface area contributed by atoms with E-state index in [1.54, 1.807) is 13.0 Å². The van der Waals surface area contributed by atoms with Crippen LogP contribution in [-0.4, -0.2) is 41.2 Å². The van der Waals surface area contributed by atoms with Crippen LogP contribution < -0.4 is 10.2 Å². The Hall–Kier alpha value is -2.02. The maximum atomic E-state index is 12.1. The molecule has 0 saturated heterocycles. The van der Waals surface area contributed by atoms with Crippen LogP contribution in [0, 0.1) is 5.92 Å². The number of hydrogen-bond acceptors (Lipinski definition) is 4. The zero-order valence-electron chi connectivity index (χ0n) is 12.4. The summed E-state index contributed by atoms with van der Waals surface area (Å²) in [6.45, 7) is 3.07. The first-order valence-corrected chi connectivity index (χ1v) is 7.93. The summed E-state index contributed by atoms with van der Waals surface area (Å²) in [6.07, 6.45) is 0. The molecule has 0 spiro atoms. The number of carbonyl (C=O) groups excluding carboxylic acids is 2. The molecule has 6 nitrogen and oxygen atoms in total. The molecule has 1 aliphatic heterocycles.